The van der Waals surface area contributed by atoms with Crippen LogP contribution in [0.4, 0.5) is 0 Å². The van der Waals surface area contributed by atoms with Gasteiger partial charge in [-0.2, -0.15) is 0 Å². The second kappa shape index (κ2) is 15.8. The number of halogens is 1. The minimum Gasteiger partial charge on any atom is -0.494 e. The third-order valence-electron chi connectivity index (χ3n) is 4.58. The molecule has 0 heterocycles. The Kier molecular flexibility index (Phi) is 14.1. The van der Waals surface area contributed by atoms with E-state index >= 15 is 0 Å². The summed E-state index contributed by atoms with van der Waals surface area (Å²) in [5, 5.41) is 0.763. The van der Waals surface area contributed by atoms with Crippen LogP contribution < -0.4 is 4.74 Å². The average molecular weight is 353 g/mol. The van der Waals surface area contributed by atoms with Crippen LogP contribution in [0.25, 0.3) is 0 Å². The van der Waals surface area contributed by atoms with E-state index in [1.54, 1.807) is 0 Å². The van der Waals surface area contributed by atoms with Crippen LogP contribution >= 0.6 is 11.6 Å². The molecule has 0 bridgehead atoms. The summed E-state index contributed by atoms with van der Waals surface area (Å²) in [4.78, 5) is 0. The van der Waals surface area contributed by atoms with Crippen LogP contribution in [0, 0.1) is 0 Å². The zero-order chi connectivity index (χ0) is 17.3. The molecule has 1 aromatic rings. The molecular weight excluding hydrogens is 316 g/mol. The van der Waals surface area contributed by atoms with Gasteiger partial charge in [0.2, 0.25) is 0 Å². The molecule has 0 aliphatic carbocycles. The summed E-state index contributed by atoms with van der Waals surface area (Å²) in [6, 6.07) is 7.63. The third-order valence-corrected chi connectivity index (χ3v) is 4.83. The number of benzene rings is 1. The zero-order valence-electron chi connectivity index (χ0n) is 15.7. The molecule has 1 rings (SSSR count). The minimum atomic E-state index is 0.763. The molecule has 0 aromatic heterocycles. The van der Waals surface area contributed by atoms with Crippen LogP contribution in [0.3, 0.4) is 0 Å². The van der Waals surface area contributed by atoms with Crippen molar-refractivity contribution in [1.82, 2.24) is 0 Å². The van der Waals surface area contributed by atoms with E-state index in [1.807, 2.05) is 24.3 Å². The fourth-order valence-electron chi connectivity index (χ4n) is 3.02. The maximum Gasteiger partial charge on any atom is 0.119 e. The summed E-state index contributed by atoms with van der Waals surface area (Å²) < 4.78 is 5.71. The third kappa shape index (κ3) is 12.7. The summed E-state index contributed by atoms with van der Waals surface area (Å²) in [5.74, 6) is 0.925. The lowest BCUT2D eigenvalue weighted by atomic mass is 10.0. The lowest BCUT2D eigenvalue weighted by Crippen LogP contribution is -1.96. The highest BCUT2D eigenvalue weighted by Gasteiger charge is 1.96. The number of unbranched alkanes of at least 4 members (excludes halogenated alkanes) is 13. The van der Waals surface area contributed by atoms with Crippen molar-refractivity contribution in [1.29, 1.82) is 0 Å². The van der Waals surface area contributed by atoms with E-state index in [2.05, 4.69) is 6.92 Å². The maximum absolute atomic E-state index is 5.85. The second-order valence-electron chi connectivity index (χ2n) is 6.90. The molecule has 0 spiro atoms. The van der Waals surface area contributed by atoms with Crippen molar-refractivity contribution in [2.75, 3.05) is 6.61 Å². The Morgan fingerprint density at radius 2 is 1.04 bits per heavy atom. The normalized spacial score (nSPS) is 10.9. The van der Waals surface area contributed by atoms with Gasteiger partial charge in [0.05, 0.1) is 6.61 Å². The highest BCUT2D eigenvalue weighted by atomic mass is 35.5. The van der Waals surface area contributed by atoms with Crippen LogP contribution in [0.5, 0.6) is 5.75 Å². The maximum atomic E-state index is 5.85. The second-order valence-corrected chi connectivity index (χ2v) is 7.34. The Morgan fingerprint density at radius 1 is 0.625 bits per heavy atom. The van der Waals surface area contributed by atoms with Crippen LogP contribution in [0.15, 0.2) is 24.3 Å². The molecular formula is C22H37ClO. The molecule has 2 heteroatoms. The van der Waals surface area contributed by atoms with Gasteiger partial charge in [0.15, 0.2) is 0 Å². The van der Waals surface area contributed by atoms with E-state index in [0.29, 0.717) is 0 Å². The summed E-state index contributed by atoms with van der Waals surface area (Å²) in [6.07, 6.45) is 19.5. The molecule has 0 aliphatic heterocycles. The molecule has 0 unspecified atom stereocenters. The van der Waals surface area contributed by atoms with E-state index in [4.69, 9.17) is 16.3 Å². The predicted molar refractivity (Wildman–Crippen MR) is 107 cm³/mol. The number of hydrogen-bond acceptors (Lipinski definition) is 1. The fourth-order valence-corrected chi connectivity index (χ4v) is 3.14. The van der Waals surface area contributed by atoms with Gasteiger partial charge in [-0.1, -0.05) is 102 Å². The van der Waals surface area contributed by atoms with Crippen molar-refractivity contribution in [2.45, 2.75) is 96.8 Å². The van der Waals surface area contributed by atoms with Crippen molar-refractivity contribution in [3.8, 4) is 5.75 Å². The quantitative estimate of drug-likeness (QED) is 0.272. The first-order chi connectivity index (χ1) is 11.8. The van der Waals surface area contributed by atoms with Crippen LogP contribution in [-0.4, -0.2) is 6.61 Å². The fraction of sp³-hybridized carbons (Fsp3) is 0.727. The van der Waals surface area contributed by atoms with Crippen molar-refractivity contribution >= 4 is 11.6 Å². The lowest BCUT2D eigenvalue weighted by Gasteiger charge is -2.06. The number of ether oxygens (including phenoxy) is 1. The molecule has 138 valence electrons. The molecule has 24 heavy (non-hydrogen) atoms. The summed E-state index contributed by atoms with van der Waals surface area (Å²) in [5.41, 5.74) is 0. The van der Waals surface area contributed by atoms with Gasteiger partial charge in [-0.25, -0.2) is 0 Å². The Balaban J connectivity index is 1.75. The molecule has 0 fully saturated rings. The highest BCUT2D eigenvalue weighted by molar-refractivity contribution is 6.30. The Morgan fingerprint density at radius 3 is 1.50 bits per heavy atom. The van der Waals surface area contributed by atoms with Crippen molar-refractivity contribution in [3.05, 3.63) is 29.3 Å². The molecule has 0 saturated heterocycles. The lowest BCUT2D eigenvalue weighted by molar-refractivity contribution is 0.304. The molecule has 1 aromatic carbocycles. The molecule has 0 amide bonds. The first-order valence-electron chi connectivity index (χ1n) is 10.2. The van der Waals surface area contributed by atoms with E-state index in [1.165, 1.54) is 83.5 Å². The van der Waals surface area contributed by atoms with Crippen molar-refractivity contribution < 1.29 is 4.74 Å². The van der Waals surface area contributed by atoms with Gasteiger partial charge in [-0.3, -0.25) is 0 Å². The van der Waals surface area contributed by atoms with E-state index in [0.717, 1.165) is 23.8 Å². The summed E-state index contributed by atoms with van der Waals surface area (Å²) >= 11 is 5.85. The standard InChI is InChI=1S/C22H37ClO/c1-2-3-4-5-6-7-8-9-10-11-12-13-14-15-20-24-22-18-16-21(23)17-19-22/h16-19H,2-15,20H2,1H3. The molecule has 0 radical (unpaired) electrons. The Hall–Kier alpha value is -0.690. The topological polar surface area (TPSA) is 9.23 Å². The van der Waals surface area contributed by atoms with Gasteiger partial charge in [0.25, 0.3) is 0 Å². The van der Waals surface area contributed by atoms with Crippen molar-refractivity contribution in [3.63, 3.8) is 0 Å². The van der Waals surface area contributed by atoms with Crippen molar-refractivity contribution in [2.24, 2.45) is 0 Å². The molecule has 0 aliphatic rings. The minimum absolute atomic E-state index is 0.763. The van der Waals surface area contributed by atoms with Crippen LogP contribution in [0.2, 0.25) is 5.02 Å². The Bertz CT molecular complexity index is 374. The monoisotopic (exact) mass is 352 g/mol. The van der Waals surface area contributed by atoms with Gasteiger partial charge in [0.1, 0.15) is 5.75 Å². The Labute approximate surface area is 155 Å². The zero-order valence-corrected chi connectivity index (χ0v) is 16.5. The molecule has 0 atom stereocenters. The first-order valence-corrected chi connectivity index (χ1v) is 10.6. The largest absolute Gasteiger partial charge is 0.494 e. The SMILES string of the molecule is CCCCCCCCCCCCCCCCOc1ccc(Cl)cc1. The van der Waals surface area contributed by atoms with E-state index in [9.17, 15) is 0 Å². The summed E-state index contributed by atoms with van der Waals surface area (Å²) in [6.45, 7) is 3.10. The molecule has 0 saturated carbocycles. The van der Waals surface area contributed by atoms with E-state index < -0.39 is 0 Å². The van der Waals surface area contributed by atoms with Gasteiger partial charge in [-0.05, 0) is 30.7 Å². The number of rotatable bonds is 16. The van der Waals surface area contributed by atoms with E-state index in [-0.39, 0.29) is 0 Å². The molecule has 1 nitrogen and oxygen atoms in total. The van der Waals surface area contributed by atoms with Crippen LogP contribution in [-0.2, 0) is 0 Å². The number of hydrogen-bond donors (Lipinski definition) is 0. The van der Waals surface area contributed by atoms with Gasteiger partial charge in [-0.15, -0.1) is 0 Å². The highest BCUT2D eigenvalue weighted by Crippen LogP contribution is 2.16. The smallest absolute Gasteiger partial charge is 0.119 e. The first kappa shape index (κ1) is 21.4. The van der Waals surface area contributed by atoms with Gasteiger partial charge < -0.3 is 4.74 Å². The summed E-state index contributed by atoms with van der Waals surface area (Å²) in [7, 11) is 0. The average Bonchev–Trinajstić information content (AvgIpc) is 2.60. The van der Waals surface area contributed by atoms with Gasteiger partial charge >= 0.3 is 0 Å². The van der Waals surface area contributed by atoms with Crippen LogP contribution in [0.1, 0.15) is 96.8 Å². The predicted octanol–water partition coefficient (Wildman–Crippen LogP) is 8.20. The van der Waals surface area contributed by atoms with Gasteiger partial charge in [0, 0.05) is 5.02 Å². The molecule has 0 N–H and O–H groups in total.